The topological polar surface area (TPSA) is 45.5 Å². The van der Waals surface area contributed by atoms with Crippen LogP contribution in [-0.4, -0.2) is 30.1 Å². The Balaban J connectivity index is 1.69. The number of benzene rings is 1. The third kappa shape index (κ3) is 4.19. The second-order valence-electron chi connectivity index (χ2n) is 4.31. The van der Waals surface area contributed by atoms with Gasteiger partial charge in [-0.05, 0) is 30.7 Å². The van der Waals surface area contributed by atoms with E-state index in [9.17, 15) is 0 Å². The van der Waals surface area contributed by atoms with Gasteiger partial charge in [-0.2, -0.15) is 5.10 Å². The van der Waals surface area contributed by atoms with Crippen molar-refractivity contribution in [1.29, 1.82) is 0 Å². The molecular weight excluding hydrogens is 256 g/mol. The molecule has 0 spiro atoms. The normalized spacial score (nSPS) is 10.3. The lowest BCUT2D eigenvalue weighted by Gasteiger charge is -2.07. The minimum absolute atomic E-state index is 0.490. The van der Waals surface area contributed by atoms with Crippen LogP contribution in [0.1, 0.15) is 13.3 Å². The lowest BCUT2D eigenvalue weighted by Crippen LogP contribution is -2.08. The van der Waals surface area contributed by atoms with E-state index in [2.05, 4.69) is 12.0 Å². The lowest BCUT2D eigenvalue weighted by atomic mass is 10.3. The Labute approximate surface area is 119 Å². The van der Waals surface area contributed by atoms with Gasteiger partial charge in [0.1, 0.15) is 24.7 Å². The maximum absolute atomic E-state index is 5.57. The number of aromatic nitrogens is 2. The zero-order valence-electron chi connectivity index (χ0n) is 11.9. The fourth-order valence-electron chi connectivity index (χ4n) is 1.76. The summed E-state index contributed by atoms with van der Waals surface area (Å²) in [6.45, 7) is 4.01. The van der Waals surface area contributed by atoms with E-state index in [4.69, 9.17) is 14.2 Å². The van der Waals surface area contributed by atoms with E-state index in [1.54, 1.807) is 13.3 Å². The summed E-state index contributed by atoms with van der Waals surface area (Å²) in [5.74, 6) is 2.39. The monoisotopic (exact) mass is 276 g/mol. The summed E-state index contributed by atoms with van der Waals surface area (Å²) in [7, 11) is 1.64. The average molecular weight is 276 g/mol. The van der Waals surface area contributed by atoms with Gasteiger partial charge in [0.05, 0.1) is 19.5 Å². The molecule has 1 aromatic carbocycles. The maximum atomic E-state index is 5.57. The van der Waals surface area contributed by atoms with Gasteiger partial charge in [-0.1, -0.05) is 6.92 Å². The fraction of sp³-hybridized carbons (Fsp3) is 0.400. The van der Waals surface area contributed by atoms with Gasteiger partial charge >= 0.3 is 0 Å². The summed E-state index contributed by atoms with van der Waals surface area (Å²) in [6.07, 6.45) is 4.68. The maximum Gasteiger partial charge on any atom is 0.157 e. The summed E-state index contributed by atoms with van der Waals surface area (Å²) in [5.41, 5.74) is 0. The molecule has 2 aromatic rings. The van der Waals surface area contributed by atoms with Crippen molar-refractivity contribution in [3.63, 3.8) is 0 Å². The Hall–Kier alpha value is -2.17. The van der Waals surface area contributed by atoms with Crippen LogP contribution in [0.25, 0.3) is 0 Å². The smallest absolute Gasteiger partial charge is 0.157 e. The molecule has 5 nitrogen and oxygen atoms in total. The van der Waals surface area contributed by atoms with Crippen LogP contribution in [0.5, 0.6) is 17.2 Å². The van der Waals surface area contributed by atoms with Gasteiger partial charge in [0, 0.05) is 6.54 Å². The molecular formula is C15H20N2O3. The molecule has 1 heterocycles. The van der Waals surface area contributed by atoms with E-state index in [0.717, 1.165) is 30.2 Å². The highest BCUT2D eigenvalue weighted by atomic mass is 16.5. The molecule has 0 unspecified atom stereocenters. The highest BCUT2D eigenvalue weighted by Gasteiger charge is 1.99. The van der Waals surface area contributed by atoms with Crippen molar-refractivity contribution in [1.82, 2.24) is 9.78 Å². The molecule has 0 saturated heterocycles. The molecule has 0 atom stereocenters. The zero-order chi connectivity index (χ0) is 14.2. The van der Waals surface area contributed by atoms with Crippen LogP contribution in [0, 0.1) is 0 Å². The van der Waals surface area contributed by atoms with Gasteiger partial charge < -0.3 is 14.2 Å². The number of hydrogen-bond acceptors (Lipinski definition) is 4. The number of aryl methyl sites for hydroxylation is 1. The van der Waals surface area contributed by atoms with Crippen molar-refractivity contribution in [2.24, 2.45) is 0 Å². The lowest BCUT2D eigenvalue weighted by molar-refractivity contribution is 0.217. The Morgan fingerprint density at radius 2 is 1.65 bits per heavy atom. The molecule has 0 aliphatic heterocycles. The number of rotatable bonds is 8. The Bertz CT molecular complexity index is 508. The van der Waals surface area contributed by atoms with Gasteiger partial charge in [0.25, 0.3) is 0 Å². The number of hydrogen-bond donors (Lipinski definition) is 0. The highest BCUT2D eigenvalue weighted by Crippen LogP contribution is 2.17. The van der Waals surface area contributed by atoms with Gasteiger partial charge in [-0.15, -0.1) is 0 Å². The fourth-order valence-corrected chi connectivity index (χ4v) is 1.76. The second-order valence-corrected chi connectivity index (χ2v) is 4.31. The molecule has 0 amide bonds. The first-order valence-electron chi connectivity index (χ1n) is 6.74. The first kappa shape index (κ1) is 14.2. The van der Waals surface area contributed by atoms with Crippen LogP contribution < -0.4 is 14.2 Å². The third-order valence-corrected chi connectivity index (χ3v) is 2.74. The van der Waals surface area contributed by atoms with Crippen LogP contribution in [0.2, 0.25) is 0 Å². The quantitative estimate of drug-likeness (QED) is 0.695. The highest BCUT2D eigenvalue weighted by molar-refractivity contribution is 5.31. The van der Waals surface area contributed by atoms with Crippen LogP contribution in [0.4, 0.5) is 0 Å². The Morgan fingerprint density at radius 1 is 1.00 bits per heavy atom. The number of ether oxygens (including phenoxy) is 3. The molecule has 0 saturated carbocycles. The Kier molecular flexibility index (Phi) is 5.29. The predicted octanol–water partition coefficient (Wildman–Crippen LogP) is 2.76. The van der Waals surface area contributed by atoms with Crippen LogP contribution in [-0.2, 0) is 6.54 Å². The van der Waals surface area contributed by atoms with Gasteiger partial charge in [0.2, 0.25) is 0 Å². The number of nitrogens with zero attached hydrogens (tertiary/aromatic N) is 2. The first-order valence-corrected chi connectivity index (χ1v) is 6.74. The molecule has 0 aliphatic carbocycles. The third-order valence-electron chi connectivity index (χ3n) is 2.74. The Morgan fingerprint density at radius 3 is 2.30 bits per heavy atom. The van der Waals surface area contributed by atoms with Gasteiger partial charge in [-0.25, -0.2) is 0 Å². The number of methoxy groups -OCH3 is 1. The second kappa shape index (κ2) is 7.43. The van der Waals surface area contributed by atoms with Crippen LogP contribution >= 0.6 is 0 Å². The average Bonchev–Trinajstić information content (AvgIpc) is 2.92. The van der Waals surface area contributed by atoms with Crippen molar-refractivity contribution in [2.75, 3.05) is 20.3 Å². The molecule has 0 bridgehead atoms. The van der Waals surface area contributed by atoms with E-state index in [1.807, 2.05) is 35.1 Å². The van der Waals surface area contributed by atoms with Gasteiger partial charge in [0.15, 0.2) is 5.75 Å². The zero-order valence-corrected chi connectivity index (χ0v) is 11.9. The molecule has 1 aromatic heterocycles. The van der Waals surface area contributed by atoms with E-state index < -0.39 is 0 Å². The largest absolute Gasteiger partial charge is 0.497 e. The van der Waals surface area contributed by atoms with E-state index >= 15 is 0 Å². The first-order chi connectivity index (χ1) is 9.81. The van der Waals surface area contributed by atoms with Crippen molar-refractivity contribution in [3.8, 4) is 17.2 Å². The molecule has 20 heavy (non-hydrogen) atoms. The minimum Gasteiger partial charge on any atom is -0.497 e. The van der Waals surface area contributed by atoms with Gasteiger partial charge in [-0.3, -0.25) is 4.68 Å². The summed E-state index contributed by atoms with van der Waals surface area (Å²) in [5, 5.41) is 4.20. The predicted molar refractivity (Wildman–Crippen MR) is 76.5 cm³/mol. The van der Waals surface area contributed by atoms with Crippen molar-refractivity contribution in [3.05, 3.63) is 36.7 Å². The van der Waals surface area contributed by atoms with Crippen molar-refractivity contribution >= 4 is 0 Å². The van der Waals surface area contributed by atoms with Crippen LogP contribution in [0.15, 0.2) is 36.7 Å². The molecule has 2 rings (SSSR count). The van der Waals surface area contributed by atoms with E-state index in [1.165, 1.54) is 0 Å². The van der Waals surface area contributed by atoms with Crippen molar-refractivity contribution < 1.29 is 14.2 Å². The molecule has 0 radical (unpaired) electrons. The minimum atomic E-state index is 0.490. The van der Waals surface area contributed by atoms with E-state index in [0.29, 0.717) is 13.2 Å². The van der Waals surface area contributed by atoms with E-state index in [-0.39, 0.29) is 0 Å². The standard InChI is InChI=1S/C15H20N2O3/c1-3-8-17-12-15(11-16-17)20-10-9-19-14-6-4-13(18-2)5-7-14/h4-7,11-12H,3,8-10H2,1-2H3. The van der Waals surface area contributed by atoms with Crippen LogP contribution in [0.3, 0.4) is 0 Å². The summed E-state index contributed by atoms with van der Waals surface area (Å²) < 4.78 is 18.1. The summed E-state index contributed by atoms with van der Waals surface area (Å²) in [6, 6.07) is 7.48. The molecule has 0 N–H and O–H groups in total. The summed E-state index contributed by atoms with van der Waals surface area (Å²) in [4.78, 5) is 0. The van der Waals surface area contributed by atoms with Crippen molar-refractivity contribution in [2.45, 2.75) is 19.9 Å². The molecule has 5 heteroatoms. The SMILES string of the molecule is CCCn1cc(OCCOc2ccc(OC)cc2)cn1. The molecule has 0 aliphatic rings. The molecule has 108 valence electrons. The summed E-state index contributed by atoms with van der Waals surface area (Å²) >= 11 is 0. The molecule has 0 fully saturated rings.